The Morgan fingerprint density at radius 2 is 1.89 bits per heavy atom. The Bertz CT molecular complexity index is 680. The first kappa shape index (κ1) is 11.7. The molecule has 0 amide bonds. The molecule has 94 valence electrons. The molecule has 5 nitrogen and oxygen atoms in total. The van der Waals surface area contributed by atoms with Crippen LogP contribution in [0.3, 0.4) is 0 Å². The van der Waals surface area contributed by atoms with Crippen molar-refractivity contribution in [3.8, 4) is 21.1 Å². The lowest BCUT2D eigenvalue weighted by Crippen LogP contribution is -1.95. The number of anilines is 1. The van der Waals surface area contributed by atoms with Gasteiger partial charge in [-0.25, -0.2) is 15.0 Å². The van der Waals surface area contributed by atoms with E-state index >= 15 is 0 Å². The van der Waals surface area contributed by atoms with Gasteiger partial charge in [0.25, 0.3) is 0 Å². The maximum absolute atomic E-state index is 4.43. The Balaban J connectivity index is 1.97. The standard InChI is InChI=1S/C13H11N5S/c1-14-13-16-7-4-10(18-13)11-8-17-12(19-11)9-2-5-15-6-3-9/h2-8H,1H3,(H,14,16,18). The molecule has 0 unspecified atom stereocenters. The summed E-state index contributed by atoms with van der Waals surface area (Å²) in [6.45, 7) is 0. The van der Waals surface area contributed by atoms with Gasteiger partial charge in [-0.05, 0) is 18.2 Å². The van der Waals surface area contributed by atoms with Crippen LogP contribution in [0.4, 0.5) is 5.95 Å². The third-order valence-corrected chi connectivity index (χ3v) is 3.63. The molecule has 0 spiro atoms. The fraction of sp³-hybridized carbons (Fsp3) is 0.0769. The number of rotatable bonds is 3. The minimum absolute atomic E-state index is 0.608. The van der Waals surface area contributed by atoms with E-state index in [1.807, 2.05) is 24.4 Å². The molecule has 0 atom stereocenters. The molecule has 1 N–H and O–H groups in total. The Morgan fingerprint density at radius 3 is 2.68 bits per heavy atom. The van der Waals surface area contributed by atoms with Gasteiger partial charge in [0.1, 0.15) is 5.01 Å². The third kappa shape index (κ3) is 2.43. The summed E-state index contributed by atoms with van der Waals surface area (Å²) in [6, 6.07) is 5.77. The maximum Gasteiger partial charge on any atom is 0.222 e. The fourth-order valence-electron chi connectivity index (χ4n) is 1.64. The second kappa shape index (κ2) is 5.11. The van der Waals surface area contributed by atoms with E-state index < -0.39 is 0 Å². The van der Waals surface area contributed by atoms with Crippen LogP contribution in [-0.4, -0.2) is 27.0 Å². The summed E-state index contributed by atoms with van der Waals surface area (Å²) in [5.41, 5.74) is 1.94. The molecule has 0 radical (unpaired) electrons. The molecule has 19 heavy (non-hydrogen) atoms. The Kier molecular flexibility index (Phi) is 3.16. The van der Waals surface area contributed by atoms with Crippen molar-refractivity contribution in [1.82, 2.24) is 19.9 Å². The number of hydrogen-bond acceptors (Lipinski definition) is 6. The predicted molar refractivity (Wildman–Crippen MR) is 75.9 cm³/mol. The van der Waals surface area contributed by atoms with Gasteiger partial charge in [-0.15, -0.1) is 11.3 Å². The summed E-state index contributed by atoms with van der Waals surface area (Å²) in [6.07, 6.45) is 7.10. The van der Waals surface area contributed by atoms with Crippen molar-refractivity contribution >= 4 is 17.3 Å². The Hall–Kier alpha value is -2.34. The van der Waals surface area contributed by atoms with E-state index in [1.54, 1.807) is 37.0 Å². The zero-order chi connectivity index (χ0) is 13.1. The number of pyridine rings is 1. The van der Waals surface area contributed by atoms with Gasteiger partial charge in [-0.3, -0.25) is 4.98 Å². The zero-order valence-corrected chi connectivity index (χ0v) is 11.1. The van der Waals surface area contributed by atoms with Gasteiger partial charge in [0.15, 0.2) is 0 Å². The summed E-state index contributed by atoms with van der Waals surface area (Å²) >= 11 is 1.60. The highest BCUT2D eigenvalue weighted by atomic mass is 32.1. The van der Waals surface area contributed by atoms with Gasteiger partial charge in [0.2, 0.25) is 5.95 Å². The molecule has 3 aromatic heterocycles. The lowest BCUT2D eigenvalue weighted by Gasteiger charge is -1.99. The molecular weight excluding hydrogens is 258 g/mol. The highest BCUT2D eigenvalue weighted by molar-refractivity contribution is 7.18. The lowest BCUT2D eigenvalue weighted by atomic mass is 10.3. The van der Waals surface area contributed by atoms with Gasteiger partial charge in [-0.2, -0.15) is 0 Å². The van der Waals surface area contributed by atoms with Crippen LogP contribution in [0.25, 0.3) is 21.1 Å². The molecule has 0 saturated carbocycles. The monoisotopic (exact) mass is 269 g/mol. The van der Waals surface area contributed by atoms with Crippen molar-refractivity contribution in [1.29, 1.82) is 0 Å². The first-order chi connectivity index (χ1) is 9.36. The number of hydrogen-bond donors (Lipinski definition) is 1. The lowest BCUT2D eigenvalue weighted by molar-refractivity contribution is 1.16. The number of aromatic nitrogens is 4. The van der Waals surface area contributed by atoms with Crippen LogP contribution in [0, 0.1) is 0 Å². The quantitative estimate of drug-likeness (QED) is 0.792. The molecule has 3 heterocycles. The van der Waals surface area contributed by atoms with E-state index in [-0.39, 0.29) is 0 Å². The van der Waals surface area contributed by atoms with E-state index in [2.05, 4.69) is 25.3 Å². The average molecular weight is 269 g/mol. The summed E-state index contributed by atoms with van der Waals surface area (Å²) in [5, 5.41) is 3.89. The molecule has 0 aliphatic heterocycles. The van der Waals surface area contributed by atoms with Crippen LogP contribution >= 0.6 is 11.3 Å². The van der Waals surface area contributed by atoms with Gasteiger partial charge in [0, 0.05) is 37.4 Å². The van der Waals surface area contributed by atoms with Crippen molar-refractivity contribution in [2.24, 2.45) is 0 Å². The van der Waals surface area contributed by atoms with E-state index in [0.717, 1.165) is 21.1 Å². The predicted octanol–water partition coefficient (Wildman–Crippen LogP) is 2.70. The van der Waals surface area contributed by atoms with Gasteiger partial charge in [-0.1, -0.05) is 0 Å². The van der Waals surface area contributed by atoms with E-state index in [9.17, 15) is 0 Å². The average Bonchev–Trinajstić information content (AvgIpc) is 2.98. The van der Waals surface area contributed by atoms with Gasteiger partial charge in [0.05, 0.1) is 10.6 Å². The smallest absolute Gasteiger partial charge is 0.222 e. The Labute approximate surface area is 114 Å². The van der Waals surface area contributed by atoms with Crippen molar-refractivity contribution in [3.05, 3.63) is 43.0 Å². The normalized spacial score (nSPS) is 10.4. The zero-order valence-electron chi connectivity index (χ0n) is 10.2. The summed E-state index contributed by atoms with van der Waals surface area (Å²) in [7, 11) is 1.80. The van der Waals surface area contributed by atoms with E-state index in [4.69, 9.17) is 0 Å². The molecule has 0 fully saturated rings. The number of thiazole rings is 1. The molecule has 0 aliphatic rings. The summed E-state index contributed by atoms with van der Waals surface area (Å²) < 4.78 is 0. The van der Waals surface area contributed by atoms with Crippen LogP contribution in [0.15, 0.2) is 43.0 Å². The second-order valence-corrected chi connectivity index (χ2v) is 4.81. The molecule has 3 aromatic rings. The van der Waals surface area contributed by atoms with Crippen LogP contribution < -0.4 is 5.32 Å². The molecule has 3 rings (SSSR count). The van der Waals surface area contributed by atoms with Crippen LogP contribution in [0.1, 0.15) is 0 Å². The first-order valence-corrected chi connectivity index (χ1v) is 6.56. The summed E-state index contributed by atoms with van der Waals surface area (Å²) in [4.78, 5) is 18.0. The highest BCUT2D eigenvalue weighted by Gasteiger charge is 2.08. The maximum atomic E-state index is 4.43. The van der Waals surface area contributed by atoms with Crippen LogP contribution in [0.2, 0.25) is 0 Å². The molecular formula is C13H11N5S. The SMILES string of the molecule is CNc1nccc(-c2cnc(-c3ccncc3)s2)n1. The number of nitrogens with one attached hydrogen (secondary N) is 1. The Morgan fingerprint density at radius 1 is 1.05 bits per heavy atom. The second-order valence-electron chi connectivity index (χ2n) is 3.78. The minimum atomic E-state index is 0.608. The van der Waals surface area contributed by atoms with Crippen LogP contribution in [0.5, 0.6) is 0 Å². The van der Waals surface area contributed by atoms with E-state index in [1.165, 1.54) is 0 Å². The molecule has 0 aromatic carbocycles. The van der Waals surface area contributed by atoms with Crippen molar-refractivity contribution in [2.75, 3.05) is 12.4 Å². The van der Waals surface area contributed by atoms with E-state index in [0.29, 0.717) is 5.95 Å². The highest BCUT2D eigenvalue weighted by Crippen LogP contribution is 2.30. The van der Waals surface area contributed by atoms with Crippen molar-refractivity contribution in [2.45, 2.75) is 0 Å². The molecule has 6 heteroatoms. The first-order valence-electron chi connectivity index (χ1n) is 5.74. The van der Waals surface area contributed by atoms with Crippen molar-refractivity contribution < 1.29 is 0 Å². The van der Waals surface area contributed by atoms with Crippen molar-refractivity contribution in [3.63, 3.8) is 0 Å². The van der Waals surface area contributed by atoms with Gasteiger partial charge >= 0.3 is 0 Å². The molecule has 0 bridgehead atoms. The number of nitrogens with zero attached hydrogens (tertiary/aromatic N) is 4. The largest absolute Gasteiger partial charge is 0.357 e. The fourth-order valence-corrected chi connectivity index (χ4v) is 2.53. The summed E-state index contributed by atoms with van der Waals surface area (Å²) in [5.74, 6) is 0.608. The van der Waals surface area contributed by atoms with Crippen LogP contribution in [-0.2, 0) is 0 Å². The topological polar surface area (TPSA) is 63.6 Å². The third-order valence-electron chi connectivity index (χ3n) is 2.56. The molecule has 0 saturated heterocycles. The van der Waals surface area contributed by atoms with Gasteiger partial charge < -0.3 is 5.32 Å². The molecule has 0 aliphatic carbocycles. The minimum Gasteiger partial charge on any atom is -0.357 e.